The number of aliphatic hydroxyl groups excluding tert-OH is 1. The van der Waals surface area contributed by atoms with Gasteiger partial charge in [0.15, 0.2) is 5.82 Å². The van der Waals surface area contributed by atoms with E-state index in [1.165, 1.54) is 44.1 Å². The molecule has 0 aliphatic carbocycles. The van der Waals surface area contributed by atoms with Crippen molar-refractivity contribution in [2.24, 2.45) is 7.05 Å². The molecule has 11 nitrogen and oxygen atoms in total. The lowest BCUT2D eigenvalue weighted by Crippen LogP contribution is -2.35. The van der Waals surface area contributed by atoms with Crippen molar-refractivity contribution in [3.8, 4) is 34.3 Å². The monoisotopic (exact) mass is 659 g/mol. The summed E-state index contributed by atoms with van der Waals surface area (Å²) in [6.45, 7) is -0.993. The van der Waals surface area contributed by atoms with Crippen molar-refractivity contribution < 1.29 is 41.7 Å². The first-order valence-electron chi connectivity index (χ1n) is 14.7. The molecule has 0 unspecified atom stereocenters. The summed E-state index contributed by atoms with van der Waals surface area (Å²) in [7, 11) is 4.09. The number of anilines is 1. The molecule has 1 aliphatic rings. The number of β-amino-alcohol motifs (C(OH)–C–C–N with tert-alkyl or cyclic N) is 1. The number of hydrogen-bond donors (Lipinski definition) is 2. The number of likely N-dealkylation sites (tertiary alicyclic amines) is 1. The van der Waals surface area contributed by atoms with E-state index in [2.05, 4.69) is 15.0 Å². The van der Waals surface area contributed by atoms with Crippen LogP contribution in [-0.4, -0.2) is 77.3 Å². The normalized spacial score (nSPS) is 14.0. The van der Waals surface area contributed by atoms with Gasteiger partial charge in [0.1, 0.15) is 40.3 Å². The van der Waals surface area contributed by atoms with Gasteiger partial charge in [0.05, 0.1) is 26.4 Å². The molecule has 0 spiro atoms. The Labute approximate surface area is 266 Å². The van der Waals surface area contributed by atoms with Gasteiger partial charge in [0.2, 0.25) is 0 Å². The summed E-state index contributed by atoms with van der Waals surface area (Å²) in [6.07, 6.45) is 1.47. The fraction of sp³-hybridized carbons (Fsp3) is 0.344. The molecule has 47 heavy (non-hydrogen) atoms. The number of aliphatic hydroxyl groups is 1. The van der Waals surface area contributed by atoms with Crippen LogP contribution in [0, 0.1) is 11.6 Å². The number of nitrogens with one attached hydrogen (secondary N) is 1. The van der Waals surface area contributed by atoms with Gasteiger partial charge in [-0.3, -0.25) is 14.3 Å². The van der Waals surface area contributed by atoms with E-state index in [-0.39, 0.29) is 41.1 Å². The lowest BCUT2D eigenvalue weighted by atomic mass is 9.93. The van der Waals surface area contributed by atoms with Gasteiger partial charge >= 0.3 is 6.61 Å². The molecule has 5 rings (SSSR count). The minimum Gasteiger partial charge on any atom is -0.497 e. The summed E-state index contributed by atoms with van der Waals surface area (Å²) in [5.41, 5.74) is -1.64. The molecule has 0 radical (unpaired) electrons. The molecule has 15 heteroatoms. The number of carbonyl (C=O) groups is 1. The summed E-state index contributed by atoms with van der Waals surface area (Å²) in [6, 6.07) is 9.82. The fourth-order valence-electron chi connectivity index (χ4n) is 5.67. The van der Waals surface area contributed by atoms with Crippen molar-refractivity contribution in [1.29, 1.82) is 0 Å². The highest BCUT2D eigenvalue weighted by Crippen LogP contribution is 2.35. The summed E-state index contributed by atoms with van der Waals surface area (Å²) >= 11 is 0. The van der Waals surface area contributed by atoms with E-state index in [1.807, 2.05) is 0 Å². The van der Waals surface area contributed by atoms with Crippen molar-refractivity contribution in [3.63, 3.8) is 0 Å². The number of benzene rings is 2. The number of rotatable bonds is 11. The molecule has 2 aromatic heterocycles. The average molecular weight is 660 g/mol. The molecule has 3 heterocycles. The third-order valence-corrected chi connectivity index (χ3v) is 8.01. The summed E-state index contributed by atoms with van der Waals surface area (Å²) in [4.78, 5) is 34.3. The second-order valence-corrected chi connectivity index (χ2v) is 10.8. The van der Waals surface area contributed by atoms with E-state index in [1.54, 1.807) is 6.07 Å². The number of piperidine rings is 1. The zero-order valence-corrected chi connectivity index (χ0v) is 25.8. The number of halogens is 4. The third-order valence-electron chi connectivity index (χ3n) is 8.01. The van der Waals surface area contributed by atoms with E-state index in [4.69, 9.17) is 14.5 Å². The maximum Gasteiger partial charge on any atom is 0.387 e. The summed E-state index contributed by atoms with van der Waals surface area (Å²) in [5, 5.41) is 11.8. The van der Waals surface area contributed by atoms with E-state index in [0.717, 1.165) is 54.9 Å². The number of methoxy groups -OCH3 is 2. The maximum absolute atomic E-state index is 15.5. The second-order valence-electron chi connectivity index (χ2n) is 10.8. The Bertz CT molecular complexity index is 1780. The lowest BCUT2D eigenvalue weighted by Gasteiger charge is -2.31. The number of pyridine rings is 1. The highest BCUT2D eigenvalue weighted by Gasteiger charge is 2.29. The van der Waals surface area contributed by atoms with Gasteiger partial charge < -0.3 is 29.5 Å². The quantitative estimate of drug-likeness (QED) is 0.225. The van der Waals surface area contributed by atoms with Crippen LogP contribution in [0.25, 0.3) is 17.1 Å². The molecule has 0 atom stereocenters. The molecule has 2 aromatic carbocycles. The van der Waals surface area contributed by atoms with Gasteiger partial charge in [-0.25, -0.2) is 13.8 Å². The van der Waals surface area contributed by atoms with Crippen LogP contribution >= 0.6 is 0 Å². The minimum atomic E-state index is -3.07. The van der Waals surface area contributed by atoms with Gasteiger partial charge in [0.25, 0.3) is 11.5 Å². The highest BCUT2D eigenvalue weighted by molar-refractivity contribution is 6.06. The zero-order valence-electron chi connectivity index (χ0n) is 25.8. The van der Waals surface area contributed by atoms with Gasteiger partial charge in [0, 0.05) is 55.0 Å². The van der Waals surface area contributed by atoms with Crippen molar-refractivity contribution in [3.05, 3.63) is 81.8 Å². The SMILES string of the molecule is COc1cc(C2CCN(CCO)CC2)nc(-n2c(=O)c(NC(=O)c3ccc(OC(F)F)cc3)c(-c3c(F)cc(OC)cc3F)n2C)c1. The molecular weight excluding hydrogens is 626 g/mol. The number of amides is 1. The minimum absolute atomic E-state index is 0.00176. The standard InChI is InChI=1S/C32H33F4N5O6/c1-39-29(27-23(33)14-21(45-2)15-24(27)34)28(38-30(43)19-4-6-20(7-5-19)47-32(35)36)31(44)41(39)26-17-22(46-3)16-25(37-26)18-8-10-40(11-9-18)12-13-42/h4-7,14-18,32,42H,8-13H2,1-3H3,(H,38,43). The predicted molar refractivity (Wildman–Crippen MR) is 164 cm³/mol. The number of aromatic nitrogens is 3. The number of ether oxygens (including phenoxy) is 3. The van der Waals surface area contributed by atoms with Crippen LogP contribution in [0.1, 0.15) is 34.8 Å². The van der Waals surface area contributed by atoms with Crippen molar-refractivity contribution >= 4 is 11.6 Å². The largest absolute Gasteiger partial charge is 0.497 e. The van der Waals surface area contributed by atoms with Gasteiger partial charge in [-0.05, 0) is 50.2 Å². The Balaban J connectivity index is 1.62. The van der Waals surface area contributed by atoms with Crippen LogP contribution in [-0.2, 0) is 7.05 Å². The molecule has 0 saturated carbocycles. The van der Waals surface area contributed by atoms with Crippen molar-refractivity contribution in [2.45, 2.75) is 25.4 Å². The van der Waals surface area contributed by atoms with Crippen LogP contribution in [0.3, 0.4) is 0 Å². The van der Waals surface area contributed by atoms with Gasteiger partial charge in [-0.2, -0.15) is 13.5 Å². The Hall–Kier alpha value is -4.89. The van der Waals surface area contributed by atoms with Crippen LogP contribution in [0.2, 0.25) is 0 Å². The van der Waals surface area contributed by atoms with Crippen LogP contribution in [0.15, 0.2) is 53.3 Å². The topological polar surface area (TPSA) is 120 Å². The molecule has 1 saturated heterocycles. The second kappa shape index (κ2) is 14.3. The number of nitrogens with zero attached hydrogens (tertiary/aromatic N) is 4. The van der Waals surface area contributed by atoms with Crippen LogP contribution in [0.5, 0.6) is 17.2 Å². The molecular formula is C32H33F4N5O6. The smallest absolute Gasteiger partial charge is 0.387 e. The van der Waals surface area contributed by atoms with E-state index < -0.39 is 41.0 Å². The van der Waals surface area contributed by atoms with Gasteiger partial charge in [-0.15, -0.1) is 0 Å². The molecule has 1 fully saturated rings. The van der Waals surface area contributed by atoms with E-state index >= 15 is 8.78 Å². The Morgan fingerprint density at radius 1 is 1.00 bits per heavy atom. The number of carbonyl (C=O) groups excluding carboxylic acids is 1. The first-order valence-corrected chi connectivity index (χ1v) is 14.7. The van der Waals surface area contributed by atoms with Crippen molar-refractivity contribution in [2.75, 3.05) is 45.8 Å². The summed E-state index contributed by atoms with van der Waals surface area (Å²) < 4.78 is 73.3. The third kappa shape index (κ3) is 7.10. The fourth-order valence-corrected chi connectivity index (χ4v) is 5.67. The molecule has 2 N–H and O–H groups in total. The van der Waals surface area contributed by atoms with E-state index in [0.29, 0.717) is 18.0 Å². The Kier molecular flexibility index (Phi) is 10.2. The molecule has 1 amide bonds. The Morgan fingerprint density at radius 3 is 2.19 bits per heavy atom. The zero-order chi connectivity index (χ0) is 33.8. The first kappa shape index (κ1) is 33.5. The lowest BCUT2D eigenvalue weighted by molar-refractivity contribution is -0.0498. The Morgan fingerprint density at radius 2 is 1.62 bits per heavy atom. The number of hydrogen-bond acceptors (Lipinski definition) is 8. The van der Waals surface area contributed by atoms with Crippen LogP contribution in [0.4, 0.5) is 23.2 Å². The van der Waals surface area contributed by atoms with Gasteiger partial charge in [-0.1, -0.05) is 0 Å². The molecule has 0 bridgehead atoms. The highest BCUT2D eigenvalue weighted by atomic mass is 19.3. The van der Waals surface area contributed by atoms with Crippen molar-refractivity contribution in [1.82, 2.24) is 19.2 Å². The molecule has 4 aromatic rings. The molecule has 250 valence electrons. The first-order chi connectivity index (χ1) is 22.5. The molecule has 1 aliphatic heterocycles. The number of alkyl halides is 2. The van der Waals surface area contributed by atoms with Crippen LogP contribution < -0.4 is 25.1 Å². The summed E-state index contributed by atoms with van der Waals surface area (Å²) in [5.74, 6) is -2.81. The average Bonchev–Trinajstić information content (AvgIpc) is 3.29. The van der Waals surface area contributed by atoms with E-state index in [9.17, 15) is 23.5 Å². The predicted octanol–water partition coefficient (Wildman–Crippen LogP) is 4.56. The maximum atomic E-state index is 15.5.